The number of hydrogen-bond donors (Lipinski definition) is 1. The SMILES string of the molecule is Cc1cccc([N+](=O)[O-])c1-c1nc(C(N)CN(C)C)no1. The summed E-state index contributed by atoms with van der Waals surface area (Å²) in [7, 11) is 3.76. The van der Waals surface area contributed by atoms with Crippen molar-refractivity contribution in [2.75, 3.05) is 20.6 Å². The molecule has 0 spiro atoms. The number of aromatic nitrogens is 2. The molecule has 1 aromatic heterocycles. The standard InChI is InChI=1S/C13H17N5O3/c1-8-5-4-6-10(18(19)20)11(8)13-15-12(16-21-13)9(14)7-17(2)3/h4-6,9H,7,14H2,1-3H3. The molecule has 112 valence electrons. The fourth-order valence-electron chi connectivity index (χ4n) is 2.04. The van der Waals surface area contributed by atoms with Gasteiger partial charge >= 0.3 is 0 Å². The fraction of sp³-hybridized carbons (Fsp3) is 0.385. The number of nitrogens with two attached hydrogens (primary N) is 1. The Morgan fingerprint density at radius 1 is 1.48 bits per heavy atom. The predicted molar refractivity (Wildman–Crippen MR) is 76.6 cm³/mol. The van der Waals surface area contributed by atoms with E-state index in [0.717, 1.165) is 0 Å². The van der Waals surface area contributed by atoms with E-state index in [1.807, 2.05) is 19.0 Å². The van der Waals surface area contributed by atoms with Crippen LogP contribution >= 0.6 is 0 Å². The van der Waals surface area contributed by atoms with Gasteiger partial charge in [0.1, 0.15) is 5.56 Å². The van der Waals surface area contributed by atoms with Gasteiger partial charge in [-0.2, -0.15) is 4.98 Å². The molecule has 2 N–H and O–H groups in total. The van der Waals surface area contributed by atoms with Crippen LogP contribution < -0.4 is 5.73 Å². The summed E-state index contributed by atoms with van der Waals surface area (Å²) >= 11 is 0. The maximum absolute atomic E-state index is 11.1. The van der Waals surface area contributed by atoms with Crippen LogP contribution in [0.4, 0.5) is 5.69 Å². The van der Waals surface area contributed by atoms with Crippen LogP contribution in [0.1, 0.15) is 17.4 Å². The number of nitrogens with zero attached hydrogens (tertiary/aromatic N) is 4. The molecule has 0 fully saturated rings. The lowest BCUT2D eigenvalue weighted by Crippen LogP contribution is -2.26. The molecule has 0 aliphatic carbocycles. The van der Waals surface area contributed by atoms with Crippen LogP contribution in [-0.4, -0.2) is 40.6 Å². The lowest BCUT2D eigenvalue weighted by molar-refractivity contribution is -0.384. The molecule has 0 aliphatic heterocycles. The Balaban J connectivity index is 2.40. The third-order valence-corrected chi connectivity index (χ3v) is 3.00. The molecular formula is C13H17N5O3. The monoisotopic (exact) mass is 291 g/mol. The van der Waals surface area contributed by atoms with E-state index in [1.54, 1.807) is 19.1 Å². The predicted octanol–water partition coefficient (Wildman–Crippen LogP) is 1.51. The van der Waals surface area contributed by atoms with E-state index in [9.17, 15) is 10.1 Å². The second-order valence-corrected chi connectivity index (χ2v) is 5.05. The molecule has 0 amide bonds. The van der Waals surface area contributed by atoms with Gasteiger partial charge in [0.25, 0.3) is 11.6 Å². The number of hydrogen-bond acceptors (Lipinski definition) is 7. The van der Waals surface area contributed by atoms with Crippen molar-refractivity contribution in [2.24, 2.45) is 5.73 Å². The van der Waals surface area contributed by atoms with E-state index in [1.165, 1.54) is 6.07 Å². The molecular weight excluding hydrogens is 274 g/mol. The van der Waals surface area contributed by atoms with Crippen LogP contribution in [0, 0.1) is 17.0 Å². The summed E-state index contributed by atoms with van der Waals surface area (Å²) in [5.41, 5.74) is 6.93. The zero-order valence-electron chi connectivity index (χ0n) is 12.1. The van der Waals surface area contributed by atoms with Crippen LogP contribution in [0.2, 0.25) is 0 Å². The van der Waals surface area contributed by atoms with E-state index in [2.05, 4.69) is 10.1 Å². The van der Waals surface area contributed by atoms with Crippen LogP contribution in [0.15, 0.2) is 22.7 Å². The Hall–Kier alpha value is -2.32. The highest BCUT2D eigenvalue weighted by molar-refractivity contribution is 5.70. The second kappa shape index (κ2) is 5.98. The number of nitro groups is 1. The summed E-state index contributed by atoms with van der Waals surface area (Å²) in [6.07, 6.45) is 0. The van der Waals surface area contributed by atoms with E-state index in [0.29, 0.717) is 23.5 Å². The lowest BCUT2D eigenvalue weighted by atomic mass is 10.1. The van der Waals surface area contributed by atoms with Crippen molar-refractivity contribution in [2.45, 2.75) is 13.0 Å². The number of rotatable bonds is 5. The Bertz CT molecular complexity index is 653. The third kappa shape index (κ3) is 3.23. The van der Waals surface area contributed by atoms with Gasteiger partial charge in [0.15, 0.2) is 5.82 Å². The van der Waals surface area contributed by atoms with Crippen molar-refractivity contribution in [1.29, 1.82) is 0 Å². The fourth-order valence-corrected chi connectivity index (χ4v) is 2.04. The normalized spacial score (nSPS) is 12.6. The van der Waals surface area contributed by atoms with Crippen molar-refractivity contribution in [3.05, 3.63) is 39.7 Å². The van der Waals surface area contributed by atoms with Gasteiger partial charge in [-0.25, -0.2) is 0 Å². The summed E-state index contributed by atoms with van der Waals surface area (Å²) < 4.78 is 5.16. The lowest BCUT2D eigenvalue weighted by Gasteiger charge is -2.12. The number of likely N-dealkylation sites (N-methyl/N-ethyl adjacent to an activating group) is 1. The average molecular weight is 291 g/mol. The van der Waals surface area contributed by atoms with Gasteiger partial charge in [0.2, 0.25) is 0 Å². The van der Waals surface area contributed by atoms with Gasteiger partial charge < -0.3 is 15.2 Å². The number of benzene rings is 1. The maximum atomic E-state index is 11.1. The minimum atomic E-state index is -0.466. The summed E-state index contributed by atoms with van der Waals surface area (Å²) in [4.78, 5) is 16.8. The van der Waals surface area contributed by atoms with Gasteiger partial charge in [0, 0.05) is 12.6 Å². The molecule has 0 saturated carbocycles. The van der Waals surface area contributed by atoms with Crippen LogP contribution in [-0.2, 0) is 0 Å². The Morgan fingerprint density at radius 2 is 2.19 bits per heavy atom. The van der Waals surface area contributed by atoms with Gasteiger partial charge in [-0.15, -0.1) is 0 Å². The summed E-state index contributed by atoms with van der Waals surface area (Å²) in [6.45, 7) is 2.31. The topological polar surface area (TPSA) is 111 Å². The average Bonchev–Trinajstić information content (AvgIpc) is 2.86. The van der Waals surface area contributed by atoms with E-state index in [-0.39, 0.29) is 11.6 Å². The Kier molecular flexibility index (Phi) is 4.29. The highest BCUT2D eigenvalue weighted by Gasteiger charge is 2.24. The molecule has 2 rings (SSSR count). The molecule has 8 heteroatoms. The Morgan fingerprint density at radius 3 is 2.81 bits per heavy atom. The largest absolute Gasteiger partial charge is 0.334 e. The number of nitro benzene ring substituents is 1. The first-order valence-corrected chi connectivity index (χ1v) is 6.38. The van der Waals surface area contributed by atoms with Crippen molar-refractivity contribution >= 4 is 5.69 Å². The highest BCUT2D eigenvalue weighted by atomic mass is 16.6. The molecule has 1 aromatic carbocycles. The van der Waals surface area contributed by atoms with Gasteiger partial charge in [-0.3, -0.25) is 10.1 Å². The molecule has 0 bridgehead atoms. The molecule has 1 atom stereocenters. The van der Waals surface area contributed by atoms with Crippen LogP contribution in [0.5, 0.6) is 0 Å². The molecule has 21 heavy (non-hydrogen) atoms. The van der Waals surface area contributed by atoms with E-state index < -0.39 is 11.0 Å². The van der Waals surface area contributed by atoms with E-state index in [4.69, 9.17) is 10.3 Å². The summed E-state index contributed by atoms with van der Waals surface area (Å²) in [5, 5.41) is 14.9. The molecule has 0 aliphatic rings. The van der Waals surface area contributed by atoms with E-state index >= 15 is 0 Å². The molecule has 0 radical (unpaired) electrons. The molecule has 1 unspecified atom stereocenters. The van der Waals surface area contributed by atoms with Crippen molar-refractivity contribution in [3.63, 3.8) is 0 Å². The first-order valence-electron chi connectivity index (χ1n) is 6.38. The second-order valence-electron chi connectivity index (χ2n) is 5.05. The maximum Gasteiger partial charge on any atom is 0.282 e. The first kappa shape index (κ1) is 15.1. The zero-order valence-corrected chi connectivity index (χ0v) is 12.1. The first-order chi connectivity index (χ1) is 9.90. The molecule has 2 aromatic rings. The molecule has 1 heterocycles. The quantitative estimate of drug-likeness (QED) is 0.656. The zero-order chi connectivity index (χ0) is 15.6. The minimum Gasteiger partial charge on any atom is -0.334 e. The minimum absolute atomic E-state index is 0.0635. The molecule has 0 saturated heterocycles. The third-order valence-electron chi connectivity index (χ3n) is 3.00. The highest BCUT2D eigenvalue weighted by Crippen LogP contribution is 2.32. The van der Waals surface area contributed by atoms with Crippen LogP contribution in [0.25, 0.3) is 11.5 Å². The Labute approximate surface area is 121 Å². The number of aryl methyl sites for hydroxylation is 1. The van der Waals surface area contributed by atoms with Crippen molar-refractivity contribution in [3.8, 4) is 11.5 Å². The van der Waals surface area contributed by atoms with Crippen molar-refractivity contribution in [1.82, 2.24) is 15.0 Å². The smallest absolute Gasteiger partial charge is 0.282 e. The van der Waals surface area contributed by atoms with Gasteiger partial charge in [0.05, 0.1) is 11.0 Å². The summed E-state index contributed by atoms with van der Waals surface area (Å²) in [6, 6.07) is 4.37. The van der Waals surface area contributed by atoms with Crippen LogP contribution in [0.3, 0.4) is 0 Å². The molecule has 8 nitrogen and oxygen atoms in total. The van der Waals surface area contributed by atoms with Gasteiger partial charge in [-0.05, 0) is 26.6 Å². The van der Waals surface area contributed by atoms with Gasteiger partial charge in [-0.1, -0.05) is 17.3 Å². The summed E-state index contributed by atoms with van der Waals surface area (Å²) in [5.74, 6) is 0.445. The van der Waals surface area contributed by atoms with Crippen molar-refractivity contribution < 1.29 is 9.45 Å².